The molecule has 1 rings (SSSR count). The summed E-state index contributed by atoms with van der Waals surface area (Å²) >= 11 is 0. The minimum atomic E-state index is -0.955. The van der Waals surface area contributed by atoms with E-state index in [-0.39, 0.29) is 24.9 Å². The van der Waals surface area contributed by atoms with Crippen LogP contribution >= 0.6 is 0 Å². The molecule has 0 aliphatic heterocycles. The Balaban J connectivity index is 2.13. The summed E-state index contributed by atoms with van der Waals surface area (Å²) in [6.07, 6.45) is 3.27. The van der Waals surface area contributed by atoms with Gasteiger partial charge in [-0.1, -0.05) is 6.42 Å². The molecule has 16 heavy (non-hydrogen) atoms. The Morgan fingerprint density at radius 3 is 2.62 bits per heavy atom. The molecule has 0 aromatic heterocycles. The molecular formula is C11H19NO4. The zero-order valence-corrected chi connectivity index (χ0v) is 9.32. The molecule has 92 valence electrons. The largest absolute Gasteiger partial charge is 0.481 e. The number of nitrogens with one attached hydrogen (secondary N) is 1. The van der Waals surface area contributed by atoms with Crippen molar-refractivity contribution in [2.75, 3.05) is 6.54 Å². The molecule has 0 saturated heterocycles. The van der Waals surface area contributed by atoms with Gasteiger partial charge in [-0.05, 0) is 25.2 Å². The minimum Gasteiger partial charge on any atom is -0.481 e. The molecule has 1 aliphatic rings. The third-order valence-electron chi connectivity index (χ3n) is 2.91. The van der Waals surface area contributed by atoms with Crippen molar-refractivity contribution in [1.29, 1.82) is 0 Å². The number of hydrogen-bond acceptors (Lipinski definition) is 3. The molecule has 2 unspecified atom stereocenters. The van der Waals surface area contributed by atoms with Gasteiger partial charge in [0, 0.05) is 13.0 Å². The molecule has 0 spiro atoms. The van der Waals surface area contributed by atoms with Crippen molar-refractivity contribution in [1.82, 2.24) is 5.32 Å². The summed E-state index contributed by atoms with van der Waals surface area (Å²) in [6, 6.07) is 0. The second-order valence-corrected chi connectivity index (χ2v) is 4.38. The van der Waals surface area contributed by atoms with Gasteiger partial charge in [0.1, 0.15) is 0 Å². The summed E-state index contributed by atoms with van der Waals surface area (Å²) < 4.78 is 0. The topological polar surface area (TPSA) is 86.6 Å². The standard InChI is InChI=1S/C11H19NO4/c13-9-3-1-2-8(6-9)7-12-10(14)4-5-11(15)16/h8-9,13H,1-7H2,(H,12,14)(H,15,16). The lowest BCUT2D eigenvalue weighted by atomic mass is 9.87. The number of aliphatic hydroxyl groups is 1. The first kappa shape index (κ1) is 13.0. The lowest BCUT2D eigenvalue weighted by molar-refractivity contribution is -0.138. The van der Waals surface area contributed by atoms with Gasteiger partial charge >= 0.3 is 5.97 Å². The molecule has 0 bridgehead atoms. The van der Waals surface area contributed by atoms with Crippen LogP contribution in [0.4, 0.5) is 0 Å². The molecule has 3 N–H and O–H groups in total. The highest BCUT2D eigenvalue weighted by atomic mass is 16.4. The average molecular weight is 229 g/mol. The number of carboxylic acids is 1. The number of amides is 1. The number of carbonyl (C=O) groups excluding carboxylic acids is 1. The van der Waals surface area contributed by atoms with E-state index in [1.165, 1.54) is 0 Å². The van der Waals surface area contributed by atoms with E-state index in [1.54, 1.807) is 0 Å². The summed E-state index contributed by atoms with van der Waals surface area (Å²) in [5.41, 5.74) is 0. The van der Waals surface area contributed by atoms with Crippen LogP contribution in [0.25, 0.3) is 0 Å². The monoisotopic (exact) mass is 229 g/mol. The first-order chi connectivity index (χ1) is 7.58. The molecule has 1 aliphatic carbocycles. The Morgan fingerprint density at radius 2 is 2.00 bits per heavy atom. The van der Waals surface area contributed by atoms with E-state index in [4.69, 9.17) is 5.11 Å². The predicted molar refractivity (Wildman–Crippen MR) is 57.8 cm³/mol. The zero-order chi connectivity index (χ0) is 12.0. The fourth-order valence-electron chi connectivity index (χ4n) is 2.02. The number of carbonyl (C=O) groups is 2. The molecule has 5 heteroatoms. The first-order valence-corrected chi connectivity index (χ1v) is 5.74. The molecule has 1 saturated carbocycles. The fourth-order valence-corrected chi connectivity index (χ4v) is 2.02. The van der Waals surface area contributed by atoms with Gasteiger partial charge < -0.3 is 15.5 Å². The SMILES string of the molecule is O=C(O)CCC(=O)NCC1CCCC(O)C1. The van der Waals surface area contributed by atoms with Crippen molar-refractivity contribution in [3.63, 3.8) is 0 Å². The third kappa shape index (κ3) is 5.11. The summed E-state index contributed by atoms with van der Waals surface area (Å²) in [7, 11) is 0. The Hall–Kier alpha value is -1.10. The summed E-state index contributed by atoms with van der Waals surface area (Å²) in [6.45, 7) is 0.551. The van der Waals surface area contributed by atoms with Crippen LogP contribution in [0.2, 0.25) is 0 Å². The Kier molecular flexibility index (Phi) is 5.25. The molecule has 2 atom stereocenters. The summed E-state index contributed by atoms with van der Waals surface area (Å²) in [5.74, 6) is -0.844. The van der Waals surface area contributed by atoms with Gasteiger partial charge in [0.05, 0.1) is 12.5 Å². The number of carboxylic acid groups (broad SMARTS) is 1. The Labute approximate surface area is 94.8 Å². The van der Waals surface area contributed by atoms with Crippen LogP contribution in [0.15, 0.2) is 0 Å². The zero-order valence-electron chi connectivity index (χ0n) is 9.32. The van der Waals surface area contributed by atoms with Gasteiger partial charge in [0.2, 0.25) is 5.91 Å². The van der Waals surface area contributed by atoms with Crippen molar-refractivity contribution in [3.8, 4) is 0 Å². The molecule has 0 heterocycles. The number of aliphatic carboxylic acids is 1. The van der Waals surface area contributed by atoms with E-state index >= 15 is 0 Å². The minimum absolute atomic E-state index is 0.0323. The van der Waals surface area contributed by atoms with Crippen molar-refractivity contribution in [2.24, 2.45) is 5.92 Å². The predicted octanol–water partition coefficient (Wildman–Crippen LogP) is 0.518. The molecule has 1 fully saturated rings. The smallest absolute Gasteiger partial charge is 0.303 e. The van der Waals surface area contributed by atoms with Gasteiger partial charge in [-0.2, -0.15) is 0 Å². The van der Waals surface area contributed by atoms with Gasteiger partial charge in [-0.15, -0.1) is 0 Å². The average Bonchev–Trinajstić information content (AvgIpc) is 2.23. The maximum atomic E-state index is 11.2. The quantitative estimate of drug-likeness (QED) is 0.641. The van der Waals surface area contributed by atoms with Crippen LogP contribution in [-0.2, 0) is 9.59 Å². The molecule has 5 nitrogen and oxygen atoms in total. The van der Waals surface area contributed by atoms with Gasteiger partial charge in [-0.25, -0.2) is 0 Å². The van der Waals surface area contributed by atoms with Gasteiger partial charge in [0.25, 0.3) is 0 Å². The first-order valence-electron chi connectivity index (χ1n) is 5.74. The molecule has 1 amide bonds. The highest BCUT2D eigenvalue weighted by molar-refractivity contribution is 5.80. The van der Waals surface area contributed by atoms with E-state index in [2.05, 4.69) is 5.32 Å². The van der Waals surface area contributed by atoms with Gasteiger partial charge in [0.15, 0.2) is 0 Å². The summed E-state index contributed by atoms with van der Waals surface area (Å²) in [5, 5.41) is 20.5. The highest BCUT2D eigenvalue weighted by Gasteiger charge is 2.20. The van der Waals surface area contributed by atoms with E-state index in [0.29, 0.717) is 12.5 Å². The molecule has 0 aromatic carbocycles. The fraction of sp³-hybridized carbons (Fsp3) is 0.818. The lowest BCUT2D eigenvalue weighted by Crippen LogP contribution is -2.33. The van der Waals surface area contributed by atoms with Crippen LogP contribution in [0.5, 0.6) is 0 Å². The number of rotatable bonds is 5. The van der Waals surface area contributed by atoms with Crippen LogP contribution in [0.1, 0.15) is 38.5 Å². The lowest BCUT2D eigenvalue weighted by Gasteiger charge is -2.25. The third-order valence-corrected chi connectivity index (χ3v) is 2.91. The molecule has 0 radical (unpaired) electrons. The van der Waals surface area contributed by atoms with Crippen molar-refractivity contribution in [2.45, 2.75) is 44.6 Å². The van der Waals surface area contributed by atoms with Crippen molar-refractivity contribution < 1.29 is 19.8 Å². The van der Waals surface area contributed by atoms with Crippen LogP contribution in [0, 0.1) is 5.92 Å². The van der Waals surface area contributed by atoms with Gasteiger partial charge in [-0.3, -0.25) is 9.59 Å². The molecule has 0 aromatic rings. The van der Waals surface area contributed by atoms with E-state index in [1.807, 2.05) is 0 Å². The second-order valence-electron chi connectivity index (χ2n) is 4.38. The van der Waals surface area contributed by atoms with E-state index in [9.17, 15) is 14.7 Å². The van der Waals surface area contributed by atoms with Crippen molar-refractivity contribution >= 4 is 11.9 Å². The maximum absolute atomic E-state index is 11.2. The van der Waals surface area contributed by atoms with Crippen molar-refractivity contribution in [3.05, 3.63) is 0 Å². The number of hydrogen-bond donors (Lipinski definition) is 3. The molecular weight excluding hydrogens is 210 g/mol. The van der Waals surface area contributed by atoms with Crippen LogP contribution in [0.3, 0.4) is 0 Å². The number of aliphatic hydroxyl groups excluding tert-OH is 1. The maximum Gasteiger partial charge on any atom is 0.303 e. The Bertz CT molecular complexity index is 254. The Morgan fingerprint density at radius 1 is 1.25 bits per heavy atom. The summed E-state index contributed by atoms with van der Waals surface area (Å²) in [4.78, 5) is 21.5. The van der Waals surface area contributed by atoms with E-state index < -0.39 is 5.97 Å². The van der Waals surface area contributed by atoms with Crippen LogP contribution < -0.4 is 5.32 Å². The highest BCUT2D eigenvalue weighted by Crippen LogP contribution is 2.23. The van der Waals surface area contributed by atoms with Crippen LogP contribution in [-0.4, -0.2) is 34.7 Å². The second kappa shape index (κ2) is 6.48. The van der Waals surface area contributed by atoms with E-state index in [0.717, 1.165) is 25.7 Å². The normalized spacial score (nSPS) is 25.1.